The molecule has 2 aromatic rings. The monoisotopic (exact) mass is 356 g/mol. The van der Waals surface area contributed by atoms with Gasteiger partial charge >= 0.3 is 5.97 Å². The van der Waals surface area contributed by atoms with Crippen LogP contribution >= 0.6 is 0 Å². The predicted octanol–water partition coefficient (Wildman–Crippen LogP) is 5.02. The van der Waals surface area contributed by atoms with Crippen LogP contribution in [-0.2, 0) is 27.1 Å². The molecule has 2 heterocycles. The molecule has 0 amide bonds. The predicted molar refractivity (Wildman–Crippen MR) is 99.9 cm³/mol. The summed E-state index contributed by atoms with van der Waals surface area (Å²) in [6.07, 6.45) is 10.7. The Morgan fingerprint density at radius 1 is 0.962 bits per heavy atom. The molecular formula is C22H28O4. The second-order valence-electron chi connectivity index (χ2n) is 6.90. The van der Waals surface area contributed by atoms with Gasteiger partial charge in [0.2, 0.25) is 0 Å². The largest absolute Gasteiger partial charge is 0.469 e. The van der Waals surface area contributed by atoms with Crippen LogP contribution in [0.3, 0.4) is 0 Å². The molecule has 0 N–H and O–H groups in total. The summed E-state index contributed by atoms with van der Waals surface area (Å²) < 4.78 is 15.6. The highest BCUT2D eigenvalue weighted by atomic mass is 16.6. The number of furan rings is 1. The Morgan fingerprint density at radius 2 is 1.69 bits per heavy atom. The van der Waals surface area contributed by atoms with Gasteiger partial charge in [0.1, 0.15) is 11.9 Å². The molecule has 3 rings (SSSR count). The van der Waals surface area contributed by atoms with E-state index in [4.69, 9.17) is 13.9 Å². The molecule has 0 radical (unpaired) electrons. The fourth-order valence-electron chi connectivity index (χ4n) is 3.46. The lowest BCUT2D eigenvalue weighted by atomic mass is 9.97. The molecule has 1 aliphatic heterocycles. The van der Waals surface area contributed by atoms with Gasteiger partial charge in [0, 0.05) is 6.42 Å². The third kappa shape index (κ3) is 5.21. The van der Waals surface area contributed by atoms with Gasteiger partial charge in [-0.25, -0.2) is 4.79 Å². The first kappa shape index (κ1) is 18.7. The lowest BCUT2D eigenvalue weighted by Crippen LogP contribution is -2.09. The highest BCUT2D eigenvalue weighted by Gasteiger charge is 2.47. The third-order valence-electron chi connectivity index (χ3n) is 4.99. The van der Waals surface area contributed by atoms with Crippen LogP contribution < -0.4 is 0 Å². The van der Waals surface area contributed by atoms with Gasteiger partial charge in [-0.05, 0) is 42.5 Å². The first-order chi connectivity index (χ1) is 12.8. The van der Waals surface area contributed by atoms with E-state index in [0.29, 0.717) is 0 Å². The fourth-order valence-corrected chi connectivity index (χ4v) is 3.46. The smallest absolute Gasteiger partial charge is 0.338 e. The van der Waals surface area contributed by atoms with E-state index in [1.165, 1.54) is 51.2 Å². The van der Waals surface area contributed by atoms with Crippen LogP contribution in [-0.4, -0.2) is 19.2 Å². The summed E-state index contributed by atoms with van der Waals surface area (Å²) >= 11 is 0. The van der Waals surface area contributed by atoms with Crippen LogP contribution in [0.4, 0.5) is 0 Å². The van der Waals surface area contributed by atoms with E-state index in [9.17, 15) is 4.79 Å². The Labute approximate surface area is 155 Å². The number of hydrogen-bond donors (Lipinski definition) is 0. The van der Waals surface area contributed by atoms with Gasteiger partial charge < -0.3 is 13.9 Å². The molecule has 0 aliphatic carbocycles. The third-order valence-corrected chi connectivity index (χ3v) is 4.99. The number of benzene rings is 1. The zero-order valence-electron chi connectivity index (χ0n) is 15.5. The molecule has 140 valence electrons. The van der Waals surface area contributed by atoms with E-state index in [-0.39, 0.29) is 12.1 Å². The van der Waals surface area contributed by atoms with E-state index >= 15 is 0 Å². The van der Waals surface area contributed by atoms with E-state index in [1.54, 1.807) is 6.26 Å². The summed E-state index contributed by atoms with van der Waals surface area (Å²) in [5.74, 6) is 0.813. The first-order valence-electron chi connectivity index (χ1n) is 9.63. The highest BCUT2D eigenvalue weighted by Crippen LogP contribution is 2.41. The van der Waals surface area contributed by atoms with Crippen molar-refractivity contribution in [1.82, 2.24) is 0 Å². The van der Waals surface area contributed by atoms with Gasteiger partial charge in [-0.3, -0.25) is 0 Å². The number of esters is 1. The van der Waals surface area contributed by atoms with Crippen LogP contribution in [0.5, 0.6) is 0 Å². The maximum absolute atomic E-state index is 11.6. The number of ether oxygens (including phenoxy) is 2. The number of epoxide rings is 1. The Hall–Kier alpha value is -2.07. The molecule has 0 saturated carbocycles. The van der Waals surface area contributed by atoms with Crippen LogP contribution in [0.15, 0.2) is 47.1 Å². The molecule has 1 aromatic carbocycles. The molecule has 4 heteroatoms. The van der Waals surface area contributed by atoms with Crippen molar-refractivity contribution in [2.75, 3.05) is 7.11 Å². The minimum Gasteiger partial charge on any atom is -0.469 e. The summed E-state index contributed by atoms with van der Waals surface area (Å²) in [5.41, 5.74) is 2.43. The van der Waals surface area contributed by atoms with Crippen LogP contribution in [0.25, 0.3) is 0 Å². The highest BCUT2D eigenvalue weighted by molar-refractivity contribution is 5.78. The Kier molecular flexibility index (Phi) is 6.89. The number of carbonyl (C=O) groups excluding carboxylic acids is 1. The van der Waals surface area contributed by atoms with E-state index < -0.39 is 6.10 Å². The van der Waals surface area contributed by atoms with Crippen LogP contribution in [0.1, 0.15) is 61.5 Å². The van der Waals surface area contributed by atoms with Crippen molar-refractivity contribution in [1.29, 1.82) is 0 Å². The standard InChI is InChI=1S/C22H28O4/c1-24-22(23)21-20(26-21)19-15-9-8-12-17(19)11-6-4-2-3-5-7-13-18-14-10-16-25-18/h8-10,12,14-16,20-21H,2-7,11,13H2,1H3. The molecule has 1 aromatic heterocycles. The van der Waals surface area contributed by atoms with Crippen LogP contribution in [0, 0.1) is 0 Å². The van der Waals surface area contributed by atoms with Crippen molar-refractivity contribution in [3.8, 4) is 0 Å². The number of hydrogen-bond acceptors (Lipinski definition) is 4. The van der Waals surface area contributed by atoms with E-state index in [1.807, 2.05) is 18.2 Å². The van der Waals surface area contributed by atoms with Crippen molar-refractivity contribution < 1.29 is 18.7 Å². The molecule has 0 bridgehead atoms. The lowest BCUT2D eigenvalue weighted by Gasteiger charge is -2.07. The maximum atomic E-state index is 11.6. The Bertz CT molecular complexity index is 677. The van der Waals surface area contributed by atoms with E-state index in [0.717, 1.165) is 24.2 Å². The Morgan fingerprint density at radius 3 is 2.42 bits per heavy atom. The molecule has 1 aliphatic rings. The van der Waals surface area contributed by atoms with Gasteiger partial charge in [-0.1, -0.05) is 49.9 Å². The number of aryl methyl sites for hydroxylation is 2. The van der Waals surface area contributed by atoms with Gasteiger partial charge in [0.25, 0.3) is 0 Å². The van der Waals surface area contributed by atoms with E-state index in [2.05, 4.69) is 18.2 Å². The zero-order chi connectivity index (χ0) is 18.2. The normalized spacial score (nSPS) is 18.7. The summed E-state index contributed by atoms with van der Waals surface area (Å²) in [6.45, 7) is 0. The minimum absolute atomic E-state index is 0.125. The van der Waals surface area contributed by atoms with Gasteiger partial charge in [0.05, 0.1) is 13.4 Å². The molecule has 0 spiro atoms. The molecule has 26 heavy (non-hydrogen) atoms. The van der Waals surface area contributed by atoms with Crippen molar-refractivity contribution in [2.24, 2.45) is 0 Å². The summed E-state index contributed by atoms with van der Waals surface area (Å²) in [4.78, 5) is 11.6. The zero-order valence-corrected chi connectivity index (χ0v) is 15.5. The average molecular weight is 356 g/mol. The van der Waals surface area contributed by atoms with Crippen LogP contribution in [0.2, 0.25) is 0 Å². The van der Waals surface area contributed by atoms with Gasteiger partial charge in [-0.15, -0.1) is 0 Å². The molecule has 4 nitrogen and oxygen atoms in total. The summed E-state index contributed by atoms with van der Waals surface area (Å²) in [7, 11) is 1.40. The summed E-state index contributed by atoms with van der Waals surface area (Å²) in [6, 6.07) is 12.3. The SMILES string of the molecule is COC(=O)C1OC1c1ccccc1CCCCCCCCc1ccco1. The number of carbonyl (C=O) groups is 1. The fraction of sp³-hybridized carbons (Fsp3) is 0.500. The van der Waals surface area contributed by atoms with Gasteiger partial charge in [0.15, 0.2) is 6.10 Å². The minimum atomic E-state index is -0.421. The lowest BCUT2D eigenvalue weighted by molar-refractivity contribution is -0.142. The maximum Gasteiger partial charge on any atom is 0.338 e. The average Bonchev–Trinajstić information content (AvgIpc) is 3.30. The Balaban J connectivity index is 1.32. The molecule has 2 atom stereocenters. The molecule has 1 saturated heterocycles. The molecular weight excluding hydrogens is 328 g/mol. The quantitative estimate of drug-likeness (QED) is 0.322. The molecule has 1 fully saturated rings. The molecule has 2 unspecified atom stereocenters. The second-order valence-corrected chi connectivity index (χ2v) is 6.90. The first-order valence-corrected chi connectivity index (χ1v) is 9.63. The topological polar surface area (TPSA) is 52.0 Å². The van der Waals surface area contributed by atoms with Crippen molar-refractivity contribution >= 4 is 5.97 Å². The number of unbranched alkanes of at least 4 members (excludes halogenated alkanes) is 5. The summed E-state index contributed by atoms with van der Waals surface area (Å²) in [5, 5.41) is 0. The number of rotatable bonds is 11. The van der Waals surface area contributed by atoms with Gasteiger partial charge in [-0.2, -0.15) is 0 Å². The van der Waals surface area contributed by atoms with Crippen molar-refractivity contribution in [3.05, 3.63) is 59.5 Å². The second kappa shape index (κ2) is 9.58. The number of methoxy groups -OCH3 is 1. The van der Waals surface area contributed by atoms with Crippen molar-refractivity contribution in [2.45, 2.75) is 63.6 Å². The van der Waals surface area contributed by atoms with Crippen molar-refractivity contribution in [3.63, 3.8) is 0 Å².